The molecule has 9 heteroatoms. The molecule has 0 radical (unpaired) electrons. The lowest BCUT2D eigenvalue weighted by molar-refractivity contribution is 0.309. The predicted molar refractivity (Wildman–Crippen MR) is 108 cm³/mol. The van der Waals surface area contributed by atoms with Crippen LogP contribution in [-0.4, -0.2) is 31.3 Å². The van der Waals surface area contributed by atoms with Crippen molar-refractivity contribution in [2.24, 2.45) is 0 Å². The molecule has 0 saturated heterocycles. The number of hydrogen-bond donors (Lipinski definition) is 1. The first-order chi connectivity index (χ1) is 14.0. The van der Waals surface area contributed by atoms with Crippen LogP contribution in [0.4, 0.5) is 0 Å². The Labute approximate surface area is 169 Å². The van der Waals surface area contributed by atoms with Crippen LogP contribution in [0.25, 0.3) is 11.5 Å². The topological polar surface area (TPSA) is 103 Å². The van der Waals surface area contributed by atoms with Crippen LogP contribution in [0.1, 0.15) is 19.8 Å². The van der Waals surface area contributed by atoms with Crippen LogP contribution in [-0.2, 0) is 16.6 Å². The number of benzene rings is 1. The third-order valence-corrected chi connectivity index (χ3v) is 5.63. The van der Waals surface area contributed by atoms with Gasteiger partial charge in [-0.15, -0.1) is 0 Å². The van der Waals surface area contributed by atoms with E-state index in [9.17, 15) is 13.2 Å². The molecule has 3 rings (SSSR count). The Morgan fingerprint density at radius 1 is 1.14 bits per heavy atom. The Balaban J connectivity index is 1.61. The van der Waals surface area contributed by atoms with E-state index in [-0.39, 0.29) is 23.5 Å². The van der Waals surface area contributed by atoms with Crippen molar-refractivity contribution in [3.05, 3.63) is 65.1 Å². The fourth-order valence-electron chi connectivity index (χ4n) is 2.58. The average Bonchev–Trinajstić information content (AvgIpc) is 3.25. The normalized spacial score (nSPS) is 11.5. The summed E-state index contributed by atoms with van der Waals surface area (Å²) in [7, 11) is -3.71. The molecule has 8 nitrogen and oxygen atoms in total. The van der Waals surface area contributed by atoms with Crippen LogP contribution in [0.5, 0.6) is 5.75 Å². The van der Waals surface area contributed by atoms with Gasteiger partial charge in [0.25, 0.3) is 5.56 Å². The lowest BCUT2D eigenvalue weighted by Crippen LogP contribution is -2.32. The van der Waals surface area contributed by atoms with Crippen molar-refractivity contribution in [3.63, 3.8) is 0 Å². The van der Waals surface area contributed by atoms with E-state index in [4.69, 9.17) is 9.15 Å². The van der Waals surface area contributed by atoms with Crippen molar-refractivity contribution < 1.29 is 17.6 Å². The van der Waals surface area contributed by atoms with Crippen molar-refractivity contribution in [1.82, 2.24) is 14.5 Å². The van der Waals surface area contributed by atoms with E-state index in [1.165, 1.54) is 29.1 Å². The van der Waals surface area contributed by atoms with E-state index >= 15 is 0 Å². The first-order valence-corrected chi connectivity index (χ1v) is 10.8. The maximum atomic E-state index is 12.5. The SMILES string of the molecule is CCCCOc1ccc(S(=O)(=O)NCCn2nc(-c3ccco3)ccc2=O)cc1. The van der Waals surface area contributed by atoms with Crippen molar-refractivity contribution in [1.29, 1.82) is 0 Å². The van der Waals surface area contributed by atoms with E-state index in [0.29, 0.717) is 23.8 Å². The van der Waals surface area contributed by atoms with Gasteiger partial charge in [-0.3, -0.25) is 4.79 Å². The Morgan fingerprint density at radius 3 is 2.62 bits per heavy atom. The van der Waals surface area contributed by atoms with Gasteiger partial charge in [-0.05, 0) is 48.9 Å². The lowest BCUT2D eigenvalue weighted by Gasteiger charge is -2.10. The zero-order chi connectivity index (χ0) is 20.7. The van der Waals surface area contributed by atoms with Gasteiger partial charge >= 0.3 is 0 Å². The number of nitrogens with one attached hydrogen (secondary N) is 1. The molecule has 0 fully saturated rings. The molecule has 0 aliphatic heterocycles. The summed E-state index contributed by atoms with van der Waals surface area (Å²) in [6.45, 7) is 2.78. The molecule has 29 heavy (non-hydrogen) atoms. The van der Waals surface area contributed by atoms with Gasteiger partial charge in [0.1, 0.15) is 11.4 Å². The van der Waals surface area contributed by atoms with Crippen LogP contribution >= 0.6 is 0 Å². The Morgan fingerprint density at radius 2 is 1.93 bits per heavy atom. The van der Waals surface area contributed by atoms with Gasteiger partial charge in [-0.2, -0.15) is 5.10 Å². The van der Waals surface area contributed by atoms with E-state index in [1.54, 1.807) is 30.3 Å². The van der Waals surface area contributed by atoms with E-state index in [2.05, 4.69) is 16.7 Å². The molecular weight excluding hydrogens is 394 g/mol. The fourth-order valence-corrected chi connectivity index (χ4v) is 3.60. The minimum Gasteiger partial charge on any atom is -0.494 e. The molecule has 3 aromatic rings. The molecule has 0 aliphatic rings. The standard InChI is InChI=1S/C20H23N3O5S/c1-2-3-14-27-16-6-8-17(9-7-16)29(25,26)21-12-13-23-20(24)11-10-18(22-23)19-5-4-15-28-19/h4-11,15,21H,2-3,12-14H2,1H3. The number of nitrogens with zero attached hydrogens (tertiary/aromatic N) is 2. The van der Waals surface area contributed by atoms with Crippen molar-refractivity contribution >= 4 is 10.0 Å². The first kappa shape index (κ1) is 20.8. The second kappa shape index (κ2) is 9.53. The molecule has 0 aliphatic carbocycles. The van der Waals surface area contributed by atoms with E-state index < -0.39 is 10.0 Å². The predicted octanol–water partition coefficient (Wildman–Crippen LogP) is 2.66. The van der Waals surface area contributed by atoms with Gasteiger partial charge in [-0.1, -0.05) is 13.3 Å². The molecule has 0 spiro atoms. The molecule has 0 unspecified atom stereocenters. The highest BCUT2D eigenvalue weighted by Gasteiger charge is 2.14. The second-order valence-electron chi connectivity index (χ2n) is 6.33. The number of rotatable bonds is 10. The number of aromatic nitrogens is 2. The highest BCUT2D eigenvalue weighted by molar-refractivity contribution is 7.89. The number of ether oxygens (including phenoxy) is 1. The van der Waals surface area contributed by atoms with Crippen LogP contribution in [0.15, 0.2) is 68.9 Å². The summed E-state index contributed by atoms with van der Waals surface area (Å²) in [5.41, 5.74) is 0.171. The van der Waals surface area contributed by atoms with Gasteiger partial charge in [-0.25, -0.2) is 17.8 Å². The van der Waals surface area contributed by atoms with Crippen LogP contribution in [0.3, 0.4) is 0 Å². The van der Waals surface area contributed by atoms with Gasteiger partial charge in [0, 0.05) is 12.6 Å². The third kappa shape index (κ3) is 5.55. The second-order valence-corrected chi connectivity index (χ2v) is 8.10. The van der Waals surface area contributed by atoms with Crippen LogP contribution in [0.2, 0.25) is 0 Å². The molecule has 0 atom stereocenters. The molecule has 0 amide bonds. The molecule has 0 saturated carbocycles. The highest BCUT2D eigenvalue weighted by Crippen LogP contribution is 2.17. The molecular formula is C20H23N3O5S. The highest BCUT2D eigenvalue weighted by atomic mass is 32.2. The summed E-state index contributed by atoms with van der Waals surface area (Å²) >= 11 is 0. The number of furan rings is 1. The largest absolute Gasteiger partial charge is 0.494 e. The summed E-state index contributed by atoms with van der Waals surface area (Å²) in [5.74, 6) is 1.16. The van der Waals surface area contributed by atoms with Gasteiger partial charge in [0.15, 0.2) is 5.76 Å². The van der Waals surface area contributed by atoms with Crippen molar-refractivity contribution in [3.8, 4) is 17.2 Å². The molecule has 2 aromatic heterocycles. The maximum Gasteiger partial charge on any atom is 0.266 e. The smallest absolute Gasteiger partial charge is 0.266 e. The first-order valence-electron chi connectivity index (χ1n) is 9.34. The summed E-state index contributed by atoms with van der Waals surface area (Å²) in [5, 5.41) is 4.21. The van der Waals surface area contributed by atoms with Crippen molar-refractivity contribution in [2.75, 3.05) is 13.2 Å². The lowest BCUT2D eigenvalue weighted by atomic mass is 10.3. The molecule has 0 bridgehead atoms. The van der Waals surface area contributed by atoms with E-state index in [1.807, 2.05) is 0 Å². The zero-order valence-electron chi connectivity index (χ0n) is 16.1. The molecule has 2 heterocycles. The minimum atomic E-state index is -3.71. The quantitative estimate of drug-likeness (QED) is 0.509. The summed E-state index contributed by atoms with van der Waals surface area (Å²) < 4.78 is 39.4. The van der Waals surface area contributed by atoms with Gasteiger partial charge in [0.2, 0.25) is 10.0 Å². The number of sulfonamides is 1. The fraction of sp³-hybridized carbons (Fsp3) is 0.300. The monoisotopic (exact) mass is 417 g/mol. The minimum absolute atomic E-state index is 0.0194. The number of hydrogen-bond acceptors (Lipinski definition) is 6. The summed E-state index contributed by atoms with van der Waals surface area (Å²) in [4.78, 5) is 12.1. The Kier molecular flexibility index (Phi) is 6.84. The molecule has 1 N–H and O–H groups in total. The Bertz CT molecular complexity index is 1070. The number of unbranched alkanes of at least 4 members (excludes halogenated alkanes) is 1. The summed E-state index contributed by atoms with van der Waals surface area (Å²) in [6, 6.07) is 12.6. The van der Waals surface area contributed by atoms with Crippen LogP contribution in [0, 0.1) is 0 Å². The average molecular weight is 417 g/mol. The Hall–Kier alpha value is -2.91. The van der Waals surface area contributed by atoms with Crippen molar-refractivity contribution in [2.45, 2.75) is 31.2 Å². The third-order valence-electron chi connectivity index (χ3n) is 4.16. The molecule has 154 valence electrons. The van der Waals surface area contributed by atoms with Gasteiger partial charge in [0.05, 0.1) is 24.3 Å². The van der Waals surface area contributed by atoms with Gasteiger partial charge < -0.3 is 9.15 Å². The van der Waals surface area contributed by atoms with E-state index in [0.717, 1.165) is 12.8 Å². The maximum absolute atomic E-state index is 12.5. The summed E-state index contributed by atoms with van der Waals surface area (Å²) in [6.07, 6.45) is 3.48. The van der Waals surface area contributed by atoms with Crippen LogP contribution < -0.4 is 15.0 Å². The molecule has 1 aromatic carbocycles. The zero-order valence-corrected chi connectivity index (χ0v) is 16.9.